The Kier molecular flexibility index (Phi) is 5.05. The van der Waals surface area contributed by atoms with E-state index in [4.69, 9.17) is 5.26 Å². The molecule has 0 fully saturated rings. The number of benzene rings is 2. The van der Waals surface area contributed by atoms with E-state index in [1.807, 2.05) is 19.1 Å². The number of carbonyl (C=O) groups excluding carboxylic acids is 1. The topological polar surface area (TPSA) is 64.9 Å². The average Bonchev–Trinajstić information content (AvgIpc) is 2.52. The molecule has 0 bridgehead atoms. The lowest BCUT2D eigenvalue weighted by molar-refractivity contribution is -0.112. The van der Waals surface area contributed by atoms with Crippen molar-refractivity contribution in [3.05, 3.63) is 71.4 Å². The summed E-state index contributed by atoms with van der Waals surface area (Å²) in [4.78, 5) is 12.0. The van der Waals surface area contributed by atoms with Gasteiger partial charge >= 0.3 is 0 Å². The van der Waals surface area contributed by atoms with Crippen molar-refractivity contribution in [3.8, 4) is 6.07 Å². The lowest BCUT2D eigenvalue weighted by Gasteiger charge is -2.06. The summed E-state index contributed by atoms with van der Waals surface area (Å²) in [5.41, 5.74) is 1.29. The largest absolute Gasteiger partial charge is 0.358 e. The van der Waals surface area contributed by atoms with Gasteiger partial charge in [0.2, 0.25) is 0 Å². The van der Waals surface area contributed by atoms with Crippen LogP contribution in [-0.2, 0) is 4.79 Å². The zero-order chi connectivity index (χ0) is 16.8. The predicted molar refractivity (Wildman–Crippen MR) is 83.5 cm³/mol. The molecule has 2 N–H and O–H groups in total. The molecular formula is C17H13F2N3O. The van der Waals surface area contributed by atoms with Crippen LogP contribution < -0.4 is 10.6 Å². The van der Waals surface area contributed by atoms with E-state index in [9.17, 15) is 13.6 Å². The van der Waals surface area contributed by atoms with Gasteiger partial charge in [0, 0.05) is 18.0 Å². The van der Waals surface area contributed by atoms with Gasteiger partial charge in [-0.15, -0.1) is 0 Å². The number of amides is 1. The second kappa shape index (κ2) is 7.18. The normalized spacial score (nSPS) is 10.8. The van der Waals surface area contributed by atoms with E-state index in [0.717, 1.165) is 17.8 Å². The van der Waals surface area contributed by atoms with Crippen LogP contribution >= 0.6 is 0 Å². The summed E-state index contributed by atoms with van der Waals surface area (Å²) in [6.07, 6.45) is 1.07. The van der Waals surface area contributed by atoms with Crippen LogP contribution in [0.15, 0.2) is 54.2 Å². The highest BCUT2D eigenvalue weighted by atomic mass is 19.1. The number of halogens is 2. The quantitative estimate of drug-likeness (QED) is 0.667. The van der Waals surface area contributed by atoms with Gasteiger partial charge in [-0.05, 0) is 31.2 Å². The molecule has 0 spiro atoms. The van der Waals surface area contributed by atoms with Gasteiger partial charge in [-0.3, -0.25) is 4.79 Å². The van der Waals surface area contributed by atoms with Gasteiger partial charge in [0.1, 0.15) is 23.3 Å². The Hall–Kier alpha value is -3.20. The molecule has 0 radical (unpaired) electrons. The summed E-state index contributed by atoms with van der Waals surface area (Å²) in [5.74, 6) is -2.17. The number of hydrogen-bond donors (Lipinski definition) is 2. The summed E-state index contributed by atoms with van der Waals surface area (Å²) >= 11 is 0. The van der Waals surface area contributed by atoms with Crippen LogP contribution in [0.5, 0.6) is 0 Å². The van der Waals surface area contributed by atoms with E-state index in [1.54, 1.807) is 18.2 Å². The zero-order valence-electron chi connectivity index (χ0n) is 12.2. The van der Waals surface area contributed by atoms with Gasteiger partial charge in [0.25, 0.3) is 5.91 Å². The minimum absolute atomic E-state index is 0.0396. The third kappa shape index (κ3) is 4.38. The fourth-order valence-electron chi connectivity index (χ4n) is 1.74. The Morgan fingerprint density at radius 2 is 1.87 bits per heavy atom. The Morgan fingerprint density at radius 3 is 2.48 bits per heavy atom. The molecule has 0 unspecified atom stereocenters. The lowest BCUT2D eigenvalue weighted by atomic mass is 10.2. The van der Waals surface area contributed by atoms with Crippen LogP contribution in [0.1, 0.15) is 5.56 Å². The minimum Gasteiger partial charge on any atom is -0.358 e. The number of aryl methyl sites for hydroxylation is 1. The van der Waals surface area contributed by atoms with Gasteiger partial charge in [-0.2, -0.15) is 5.26 Å². The second-order valence-corrected chi connectivity index (χ2v) is 4.76. The van der Waals surface area contributed by atoms with Crippen LogP contribution in [0.4, 0.5) is 20.2 Å². The van der Waals surface area contributed by atoms with E-state index in [1.165, 1.54) is 6.07 Å². The maximum atomic E-state index is 13.5. The molecule has 2 aromatic rings. The molecule has 0 aliphatic rings. The van der Waals surface area contributed by atoms with E-state index in [-0.39, 0.29) is 11.3 Å². The SMILES string of the molecule is Cc1ccc(NC(=O)/C(C#N)=C\Nc2ccc(F)cc2F)cc1. The molecule has 23 heavy (non-hydrogen) atoms. The van der Waals surface area contributed by atoms with Gasteiger partial charge in [-0.1, -0.05) is 17.7 Å². The number of rotatable bonds is 4. The minimum atomic E-state index is -0.822. The molecule has 1 amide bonds. The molecular weight excluding hydrogens is 300 g/mol. The summed E-state index contributed by atoms with van der Waals surface area (Å²) in [6, 6.07) is 11.7. The molecule has 0 saturated carbocycles. The first-order valence-electron chi connectivity index (χ1n) is 6.69. The summed E-state index contributed by atoms with van der Waals surface area (Å²) < 4.78 is 26.3. The number of nitrogens with one attached hydrogen (secondary N) is 2. The Labute approximate surface area is 132 Å². The van der Waals surface area contributed by atoms with Gasteiger partial charge < -0.3 is 10.6 Å². The smallest absolute Gasteiger partial charge is 0.267 e. The van der Waals surface area contributed by atoms with Crippen molar-refractivity contribution < 1.29 is 13.6 Å². The Bertz CT molecular complexity index is 792. The highest BCUT2D eigenvalue weighted by Crippen LogP contribution is 2.15. The Morgan fingerprint density at radius 1 is 1.17 bits per heavy atom. The molecule has 2 rings (SSSR count). The van der Waals surface area contributed by atoms with E-state index < -0.39 is 17.5 Å². The predicted octanol–water partition coefficient (Wildman–Crippen LogP) is 3.73. The van der Waals surface area contributed by atoms with Crippen LogP contribution in [0, 0.1) is 29.9 Å². The molecule has 0 heterocycles. The fourth-order valence-corrected chi connectivity index (χ4v) is 1.74. The molecule has 4 nitrogen and oxygen atoms in total. The first-order valence-corrected chi connectivity index (χ1v) is 6.69. The molecule has 6 heteroatoms. The van der Waals surface area contributed by atoms with Gasteiger partial charge in [0.15, 0.2) is 0 Å². The third-order valence-electron chi connectivity index (χ3n) is 2.98. The molecule has 0 aromatic heterocycles. The van der Waals surface area contributed by atoms with E-state index in [0.29, 0.717) is 11.8 Å². The van der Waals surface area contributed by atoms with Gasteiger partial charge in [0.05, 0.1) is 5.69 Å². The summed E-state index contributed by atoms with van der Waals surface area (Å²) in [7, 11) is 0. The maximum absolute atomic E-state index is 13.5. The standard InChI is InChI=1S/C17H13F2N3O/c1-11-2-5-14(6-3-11)22-17(23)12(9-20)10-21-16-7-4-13(18)8-15(16)19/h2-8,10,21H,1H3,(H,22,23)/b12-10-. The van der Waals surface area contributed by atoms with Crippen LogP contribution in [0.25, 0.3) is 0 Å². The Balaban J connectivity index is 2.10. The van der Waals surface area contributed by atoms with Crippen molar-refractivity contribution >= 4 is 17.3 Å². The summed E-state index contributed by atoms with van der Waals surface area (Å²) in [5, 5.41) is 14.1. The number of nitriles is 1. The van der Waals surface area contributed by atoms with Crippen molar-refractivity contribution in [2.24, 2.45) is 0 Å². The van der Waals surface area contributed by atoms with Crippen molar-refractivity contribution in [3.63, 3.8) is 0 Å². The number of carbonyl (C=O) groups is 1. The van der Waals surface area contributed by atoms with Crippen molar-refractivity contribution in [1.29, 1.82) is 5.26 Å². The van der Waals surface area contributed by atoms with Crippen molar-refractivity contribution in [1.82, 2.24) is 0 Å². The summed E-state index contributed by atoms with van der Waals surface area (Å²) in [6.45, 7) is 1.91. The molecule has 0 aliphatic heterocycles. The molecule has 0 saturated heterocycles. The number of anilines is 2. The van der Waals surface area contributed by atoms with E-state index >= 15 is 0 Å². The first-order chi connectivity index (χ1) is 11.0. The molecule has 0 aliphatic carbocycles. The van der Waals surface area contributed by atoms with Crippen molar-refractivity contribution in [2.45, 2.75) is 6.92 Å². The second-order valence-electron chi connectivity index (χ2n) is 4.76. The fraction of sp³-hybridized carbons (Fsp3) is 0.0588. The average molecular weight is 313 g/mol. The van der Waals surface area contributed by atoms with Crippen LogP contribution in [0.2, 0.25) is 0 Å². The highest BCUT2D eigenvalue weighted by molar-refractivity contribution is 6.06. The molecule has 116 valence electrons. The number of hydrogen-bond acceptors (Lipinski definition) is 3. The third-order valence-corrected chi connectivity index (χ3v) is 2.98. The zero-order valence-corrected chi connectivity index (χ0v) is 12.2. The lowest BCUT2D eigenvalue weighted by Crippen LogP contribution is -2.14. The molecule has 0 atom stereocenters. The van der Waals surface area contributed by atoms with Crippen molar-refractivity contribution in [2.75, 3.05) is 10.6 Å². The number of nitrogens with zero attached hydrogens (tertiary/aromatic N) is 1. The van der Waals surface area contributed by atoms with E-state index in [2.05, 4.69) is 10.6 Å². The maximum Gasteiger partial charge on any atom is 0.267 e. The monoisotopic (exact) mass is 313 g/mol. The first kappa shape index (κ1) is 16.2. The van der Waals surface area contributed by atoms with Gasteiger partial charge in [-0.25, -0.2) is 8.78 Å². The molecule has 2 aromatic carbocycles. The van der Waals surface area contributed by atoms with Crippen LogP contribution in [0.3, 0.4) is 0 Å². The highest BCUT2D eigenvalue weighted by Gasteiger charge is 2.10. The van der Waals surface area contributed by atoms with Crippen LogP contribution in [-0.4, -0.2) is 5.91 Å².